The maximum Gasteiger partial charge on any atom is 0.205 e. The Morgan fingerprint density at radius 1 is 1.46 bits per heavy atom. The predicted molar refractivity (Wildman–Crippen MR) is 51.9 cm³/mol. The molecule has 5 heteroatoms. The molecule has 1 fully saturated rings. The third-order valence-electron chi connectivity index (χ3n) is 2.26. The predicted octanol–water partition coefficient (Wildman–Crippen LogP) is 1.17. The van der Waals surface area contributed by atoms with E-state index < -0.39 is 0 Å². The van der Waals surface area contributed by atoms with E-state index in [1.165, 1.54) is 0 Å². The van der Waals surface area contributed by atoms with Crippen LogP contribution in [0.15, 0.2) is 0 Å². The fraction of sp³-hybridized carbons (Fsp3) is 0.750. The molecule has 0 saturated heterocycles. The molecule has 0 spiro atoms. The smallest absolute Gasteiger partial charge is 0.205 e. The average molecular weight is 199 g/mol. The first kappa shape index (κ1) is 8.90. The molecule has 2 atom stereocenters. The van der Waals surface area contributed by atoms with E-state index in [-0.39, 0.29) is 6.10 Å². The summed E-state index contributed by atoms with van der Waals surface area (Å²) in [5.41, 5.74) is 0. The quantitative estimate of drug-likeness (QED) is 0.750. The van der Waals surface area contributed by atoms with Gasteiger partial charge in [-0.25, -0.2) is 0 Å². The topological polar surface area (TPSA) is 58.0 Å². The SMILES string of the molecule is Cc1nnc(N[C@H]2CC[C@@H](O)C2)s1. The number of hydrogen-bond donors (Lipinski definition) is 2. The molecule has 1 saturated carbocycles. The van der Waals surface area contributed by atoms with Gasteiger partial charge >= 0.3 is 0 Å². The fourth-order valence-corrected chi connectivity index (χ4v) is 2.29. The molecule has 13 heavy (non-hydrogen) atoms. The van der Waals surface area contributed by atoms with E-state index in [1.54, 1.807) is 11.3 Å². The van der Waals surface area contributed by atoms with Gasteiger partial charge in [0.2, 0.25) is 5.13 Å². The summed E-state index contributed by atoms with van der Waals surface area (Å²) < 4.78 is 0. The van der Waals surface area contributed by atoms with Crippen molar-refractivity contribution in [1.82, 2.24) is 10.2 Å². The van der Waals surface area contributed by atoms with E-state index in [0.29, 0.717) is 6.04 Å². The Kier molecular flexibility index (Phi) is 2.46. The van der Waals surface area contributed by atoms with Crippen LogP contribution >= 0.6 is 11.3 Å². The van der Waals surface area contributed by atoms with Crippen LogP contribution in [0.5, 0.6) is 0 Å². The molecule has 0 unspecified atom stereocenters. The van der Waals surface area contributed by atoms with E-state index >= 15 is 0 Å². The van der Waals surface area contributed by atoms with Crippen LogP contribution in [0.1, 0.15) is 24.3 Å². The molecule has 1 aliphatic carbocycles. The lowest BCUT2D eigenvalue weighted by atomic mass is 10.2. The van der Waals surface area contributed by atoms with E-state index in [2.05, 4.69) is 15.5 Å². The number of nitrogens with zero attached hydrogens (tertiary/aromatic N) is 2. The number of aryl methyl sites for hydroxylation is 1. The standard InChI is InChI=1S/C8H13N3OS/c1-5-10-11-8(13-5)9-6-2-3-7(12)4-6/h6-7,12H,2-4H2,1H3,(H,9,11)/t6-,7+/m0/s1. The van der Waals surface area contributed by atoms with Crippen LogP contribution in [0.3, 0.4) is 0 Å². The van der Waals surface area contributed by atoms with Crippen molar-refractivity contribution in [3.8, 4) is 0 Å². The van der Waals surface area contributed by atoms with Crippen molar-refractivity contribution in [1.29, 1.82) is 0 Å². The highest BCUT2D eigenvalue weighted by Gasteiger charge is 2.23. The minimum atomic E-state index is -0.133. The average Bonchev–Trinajstić information content (AvgIpc) is 2.62. The van der Waals surface area contributed by atoms with Crippen molar-refractivity contribution in [2.45, 2.75) is 38.3 Å². The van der Waals surface area contributed by atoms with Crippen molar-refractivity contribution in [3.05, 3.63) is 5.01 Å². The van der Waals surface area contributed by atoms with Crippen LogP contribution in [0.25, 0.3) is 0 Å². The zero-order valence-electron chi connectivity index (χ0n) is 7.53. The summed E-state index contributed by atoms with van der Waals surface area (Å²) in [5, 5.41) is 22.3. The lowest BCUT2D eigenvalue weighted by molar-refractivity contribution is 0.182. The van der Waals surface area contributed by atoms with Crippen molar-refractivity contribution >= 4 is 16.5 Å². The number of aliphatic hydroxyl groups is 1. The fourth-order valence-electron chi connectivity index (χ4n) is 1.62. The summed E-state index contributed by atoms with van der Waals surface area (Å²) in [6.45, 7) is 1.94. The number of nitrogens with one attached hydrogen (secondary N) is 1. The molecule has 2 rings (SSSR count). The Balaban J connectivity index is 1.91. The molecule has 0 aromatic carbocycles. The van der Waals surface area contributed by atoms with Gasteiger partial charge in [-0.3, -0.25) is 0 Å². The number of anilines is 1. The Labute approximate surface area is 81.0 Å². The van der Waals surface area contributed by atoms with Crippen molar-refractivity contribution < 1.29 is 5.11 Å². The lowest BCUT2D eigenvalue weighted by Crippen LogP contribution is -2.16. The Hall–Kier alpha value is -0.680. The van der Waals surface area contributed by atoms with Crippen molar-refractivity contribution in [2.24, 2.45) is 0 Å². The van der Waals surface area contributed by atoms with Gasteiger partial charge in [-0.2, -0.15) is 0 Å². The summed E-state index contributed by atoms with van der Waals surface area (Å²) in [5.74, 6) is 0. The molecule has 1 heterocycles. The van der Waals surface area contributed by atoms with Crippen LogP contribution in [0.2, 0.25) is 0 Å². The van der Waals surface area contributed by atoms with E-state index in [0.717, 1.165) is 29.4 Å². The third-order valence-corrected chi connectivity index (χ3v) is 3.03. The Bertz CT molecular complexity index is 289. The Morgan fingerprint density at radius 2 is 2.31 bits per heavy atom. The second-order valence-electron chi connectivity index (χ2n) is 3.43. The molecule has 0 amide bonds. The minimum absolute atomic E-state index is 0.133. The van der Waals surface area contributed by atoms with E-state index in [1.807, 2.05) is 6.92 Å². The Morgan fingerprint density at radius 3 is 2.85 bits per heavy atom. The first-order valence-electron chi connectivity index (χ1n) is 4.49. The first-order valence-corrected chi connectivity index (χ1v) is 5.30. The second kappa shape index (κ2) is 3.59. The molecule has 0 bridgehead atoms. The summed E-state index contributed by atoms with van der Waals surface area (Å²) in [6, 6.07) is 0.377. The van der Waals surface area contributed by atoms with Crippen molar-refractivity contribution in [2.75, 3.05) is 5.32 Å². The largest absolute Gasteiger partial charge is 0.393 e. The molecule has 2 N–H and O–H groups in total. The van der Waals surface area contributed by atoms with Crippen LogP contribution in [0.4, 0.5) is 5.13 Å². The number of aliphatic hydroxyl groups excluding tert-OH is 1. The van der Waals surface area contributed by atoms with Crippen LogP contribution in [-0.4, -0.2) is 27.4 Å². The molecule has 4 nitrogen and oxygen atoms in total. The number of rotatable bonds is 2. The maximum atomic E-state index is 9.31. The zero-order valence-corrected chi connectivity index (χ0v) is 8.34. The molecule has 72 valence electrons. The zero-order chi connectivity index (χ0) is 9.26. The van der Waals surface area contributed by atoms with Gasteiger partial charge in [0.1, 0.15) is 5.01 Å². The molecule has 1 aromatic rings. The lowest BCUT2D eigenvalue weighted by Gasteiger charge is -2.09. The molecule has 0 aliphatic heterocycles. The van der Waals surface area contributed by atoms with Gasteiger partial charge in [0.05, 0.1) is 6.10 Å². The van der Waals surface area contributed by atoms with Gasteiger partial charge in [-0.05, 0) is 26.2 Å². The first-order chi connectivity index (χ1) is 6.24. The van der Waals surface area contributed by atoms with Crippen LogP contribution < -0.4 is 5.32 Å². The minimum Gasteiger partial charge on any atom is -0.393 e. The molecule has 1 aromatic heterocycles. The maximum absolute atomic E-state index is 9.31. The monoisotopic (exact) mass is 199 g/mol. The van der Waals surface area contributed by atoms with E-state index in [9.17, 15) is 5.11 Å². The number of aromatic nitrogens is 2. The highest BCUT2D eigenvalue weighted by molar-refractivity contribution is 7.15. The second-order valence-corrected chi connectivity index (χ2v) is 4.62. The summed E-state index contributed by atoms with van der Waals surface area (Å²) in [4.78, 5) is 0. The molecular weight excluding hydrogens is 186 g/mol. The molecular formula is C8H13N3OS. The van der Waals surface area contributed by atoms with Crippen LogP contribution in [0, 0.1) is 6.92 Å². The highest BCUT2D eigenvalue weighted by atomic mass is 32.1. The third kappa shape index (κ3) is 2.16. The van der Waals surface area contributed by atoms with Gasteiger partial charge in [-0.1, -0.05) is 11.3 Å². The summed E-state index contributed by atoms with van der Waals surface area (Å²) >= 11 is 1.56. The van der Waals surface area contributed by atoms with Gasteiger partial charge < -0.3 is 10.4 Å². The summed E-state index contributed by atoms with van der Waals surface area (Å²) in [7, 11) is 0. The van der Waals surface area contributed by atoms with E-state index in [4.69, 9.17) is 0 Å². The van der Waals surface area contributed by atoms with Gasteiger partial charge in [0.15, 0.2) is 0 Å². The molecule has 0 radical (unpaired) electrons. The van der Waals surface area contributed by atoms with Gasteiger partial charge in [0, 0.05) is 6.04 Å². The van der Waals surface area contributed by atoms with Crippen LogP contribution in [-0.2, 0) is 0 Å². The highest BCUT2D eigenvalue weighted by Crippen LogP contribution is 2.24. The van der Waals surface area contributed by atoms with Gasteiger partial charge in [0.25, 0.3) is 0 Å². The van der Waals surface area contributed by atoms with Gasteiger partial charge in [-0.15, -0.1) is 10.2 Å². The molecule has 1 aliphatic rings. The normalized spacial score (nSPS) is 27.8. The van der Waals surface area contributed by atoms with Crippen molar-refractivity contribution in [3.63, 3.8) is 0 Å². The summed E-state index contributed by atoms with van der Waals surface area (Å²) in [6.07, 6.45) is 2.62. The number of hydrogen-bond acceptors (Lipinski definition) is 5.